The topological polar surface area (TPSA) is 133 Å². The second kappa shape index (κ2) is 13.1. The third kappa shape index (κ3) is 6.56. The molecule has 4 aromatic rings. The second-order valence-electron chi connectivity index (χ2n) is 10.4. The lowest BCUT2D eigenvalue weighted by molar-refractivity contribution is -0.123. The molecular weight excluding hydrogens is 613 g/mol. The maximum absolute atomic E-state index is 13.9. The van der Waals surface area contributed by atoms with Crippen LogP contribution in [0.25, 0.3) is 16.9 Å². The number of rotatable bonds is 4. The van der Waals surface area contributed by atoms with Gasteiger partial charge in [0.25, 0.3) is 0 Å². The van der Waals surface area contributed by atoms with Gasteiger partial charge in [-0.2, -0.15) is 8.78 Å². The summed E-state index contributed by atoms with van der Waals surface area (Å²) >= 11 is 12.4. The van der Waals surface area contributed by atoms with E-state index in [-0.39, 0.29) is 33.5 Å². The zero-order valence-electron chi connectivity index (χ0n) is 23.7. The van der Waals surface area contributed by atoms with Crippen LogP contribution in [-0.4, -0.2) is 42.7 Å². The molecule has 0 spiro atoms. The monoisotopic (exact) mass is 640 g/mol. The zero-order chi connectivity index (χ0) is 31.5. The van der Waals surface area contributed by atoms with Crippen LogP contribution in [0.4, 0.5) is 8.78 Å². The summed E-state index contributed by atoms with van der Waals surface area (Å²) in [5, 5.41) is 11.2. The second-order valence-corrected chi connectivity index (χ2v) is 11.2. The highest BCUT2D eigenvalue weighted by molar-refractivity contribution is 6.31. The molecule has 0 unspecified atom stereocenters. The van der Waals surface area contributed by atoms with Crippen LogP contribution >= 0.6 is 23.2 Å². The van der Waals surface area contributed by atoms with Crippen molar-refractivity contribution in [3.63, 3.8) is 0 Å². The van der Waals surface area contributed by atoms with E-state index in [0.29, 0.717) is 52.5 Å². The van der Waals surface area contributed by atoms with Gasteiger partial charge in [0, 0.05) is 71.0 Å². The standard InChI is InChI=1S/C30H28Cl2F2N8O2/c1-16-4-3-5-19(22-10-17(8-9-36-22)28(38-30(33)34)23(13-35)37-29(16)44)21-14-41(2)25(12-26(21)43)20-11-18(31)6-7-24(20)42-15-27(32)39-40-42/h6-16,19,30H,3-5,35H2,1-2H3,(H,37,44)/t16-,19+/m1/s1. The normalized spacial score (nSPS) is 19.6. The molecule has 4 heterocycles. The molecular formula is C30H28Cl2F2N8O2. The van der Waals surface area contributed by atoms with Crippen molar-refractivity contribution in [2.75, 3.05) is 0 Å². The Bertz CT molecular complexity index is 1840. The first-order chi connectivity index (χ1) is 21.0. The van der Waals surface area contributed by atoms with Gasteiger partial charge in [0.2, 0.25) is 5.91 Å². The summed E-state index contributed by atoms with van der Waals surface area (Å²) in [6.07, 6.45) is 7.32. The molecule has 1 aliphatic heterocycles. The number of hydrogen-bond acceptors (Lipinski definition) is 7. The number of amides is 1. The number of aromatic nitrogens is 5. The molecule has 0 saturated heterocycles. The minimum atomic E-state index is -3.06. The van der Waals surface area contributed by atoms with E-state index in [2.05, 4.69) is 25.6 Å². The van der Waals surface area contributed by atoms with Crippen LogP contribution in [0.1, 0.15) is 48.9 Å². The number of fused-ring (bicyclic) bond motifs is 2. The molecule has 5 rings (SSSR count). The molecule has 2 bridgehead atoms. The van der Waals surface area contributed by atoms with E-state index in [1.54, 1.807) is 55.2 Å². The first-order valence-corrected chi connectivity index (χ1v) is 14.5. The number of carbonyl (C=O) groups is 1. The van der Waals surface area contributed by atoms with E-state index in [1.165, 1.54) is 23.0 Å². The number of nitrogens with zero attached hydrogens (tertiary/aromatic N) is 6. The lowest BCUT2D eigenvalue weighted by Crippen LogP contribution is -2.33. The average molecular weight is 642 g/mol. The number of carbonyl (C=O) groups excluding carboxylic acids is 1. The lowest BCUT2D eigenvalue weighted by atomic mass is 9.87. The Kier molecular flexibility index (Phi) is 9.21. The summed E-state index contributed by atoms with van der Waals surface area (Å²) in [4.78, 5) is 34.7. The predicted octanol–water partition coefficient (Wildman–Crippen LogP) is 5.21. The van der Waals surface area contributed by atoms with Gasteiger partial charge in [0.15, 0.2) is 10.6 Å². The predicted molar refractivity (Wildman–Crippen MR) is 164 cm³/mol. The molecule has 3 aromatic heterocycles. The number of alkyl halides is 2. The van der Waals surface area contributed by atoms with Crippen LogP contribution in [0, 0.1) is 5.92 Å². The minimum Gasteiger partial charge on any atom is -0.403 e. The summed E-state index contributed by atoms with van der Waals surface area (Å²) < 4.78 is 30.4. The van der Waals surface area contributed by atoms with E-state index >= 15 is 0 Å². The van der Waals surface area contributed by atoms with Crippen molar-refractivity contribution in [2.24, 2.45) is 23.7 Å². The van der Waals surface area contributed by atoms with Crippen molar-refractivity contribution in [2.45, 2.75) is 38.7 Å². The fourth-order valence-electron chi connectivity index (χ4n) is 5.30. The van der Waals surface area contributed by atoms with Gasteiger partial charge in [-0.05, 0) is 43.2 Å². The summed E-state index contributed by atoms with van der Waals surface area (Å²) in [6, 6.07) is 9.79. The molecule has 44 heavy (non-hydrogen) atoms. The van der Waals surface area contributed by atoms with Gasteiger partial charge in [-0.25, -0.2) is 9.67 Å². The van der Waals surface area contributed by atoms with Gasteiger partial charge >= 0.3 is 6.55 Å². The molecule has 0 saturated carbocycles. The number of aliphatic imine (C=N–C) groups is 1. The van der Waals surface area contributed by atoms with E-state index in [0.717, 1.165) is 6.20 Å². The molecule has 1 amide bonds. The first kappa shape index (κ1) is 31.0. The fourth-order valence-corrected chi connectivity index (χ4v) is 5.59. The van der Waals surface area contributed by atoms with E-state index in [1.807, 2.05) is 0 Å². The molecule has 1 aromatic carbocycles. The number of allylic oxidation sites excluding steroid dienone is 1. The van der Waals surface area contributed by atoms with Crippen LogP contribution in [0.3, 0.4) is 0 Å². The number of benzene rings is 1. The minimum absolute atomic E-state index is 0.0392. The van der Waals surface area contributed by atoms with Crippen molar-refractivity contribution in [1.82, 2.24) is 29.9 Å². The zero-order valence-corrected chi connectivity index (χ0v) is 25.2. The fraction of sp³-hybridized carbons (Fsp3) is 0.267. The SMILES string of the molecule is C[C@@H]1CCC[C@@H](c2cn(C)c(-c3cc(Cl)ccc3-n3cc(Cl)nn3)cc2=O)c2cc(ccn2)C(=NC(F)F)C(=CN)NC1=O. The smallest absolute Gasteiger partial charge is 0.332 e. The average Bonchev–Trinajstić information content (AvgIpc) is 3.43. The molecule has 2 atom stereocenters. The number of aryl methyl sites for hydroxylation is 1. The highest BCUT2D eigenvalue weighted by Gasteiger charge is 2.26. The number of pyridine rings is 2. The van der Waals surface area contributed by atoms with Gasteiger partial charge in [0.1, 0.15) is 0 Å². The maximum atomic E-state index is 13.9. The molecule has 14 heteroatoms. The maximum Gasteiger partial charge on any atom is 0.332 e. The molecule has 3 N–H and O–H groups in total. The number of nitrogens with two attached hydrogens (primary N) is 1. The van der Waals surface area contributed by atoms with Crippen LogP contribution in [0.2, 0.25) is 10.2 Å². The largest absolute Gasteiger partial charge is 0.403 e. The molecule has 1 aliphatic rings. The van der Waals surface area contributed by atoms with Crippen molar-refractivity contribution in [1.29, 1.82) is 0 Å². The van der Waals surface area contributed by atoms with Gasteiger partial charge in [-0.3, -0.25) is 14.6 Å². The van der Waals surface area contributed by atoms with Crippen molar-refractivity contribution in [3.05, 3.63) is 104 Å². The van der Waals surface area contributed by atoms with Gasteiger partial charge in [-0.15, -0.1) is 5.10 Å². The summed E-state index contributed by atoms with van der Waals surface area (Å²) in [7, 11) is 1.80. The lowest BCUT2D eigenvalue weighted by Gasteiger charge is -2.23. The van der Waals surface area contributed by atoms with Crippen molar-refractivity contribution < 1.29 is 13.6 Å². The Hall–Kier alpha value is -4.42. The Labute approximate surface area is 261 Å². The summed E-state index contributed by atoms with van der Waals surface area (Å²) in [5.41, 5.74) is 8.27. The van der Waals surface area contributed by atoms with Gasteiger partial charge in [0.05, 0.1) is 29.0 Å². The van der Waals surface area contributed by atoms with E-state index in [4.69, 9.17) is 28.9 Å². The van der Waals surface area contributed by atoms with Gasteiger partial charge < -0.3 is 15.6 Å². The van der Waals surface area contributed by atoms with Crippen molar-refractivity contribution >= 4 is 34.8 Å². The van der Waals surface area contributed by atoms with Crippen LogP contribution in [0.5, 0.6) is 0 Å². The number of halogens is 4. The molecule has 0 aliphatic carbocycles. The third-order valence-electron chi connectivity index (χ3n) is 7.48. The number of nitrogens with one attached hydrogen (secondary N) is 1. The van der Waals surface area contributed by atoms with E-state index in [9.17, 15) is 18.4 Å². The van der Waals surface area contributed by atoms with Crippen molar-refractivity contribution in [3.8, 4) is 16.9 Å². The van der Waals surface area contributed by atoms with Gasteiger partial charge in [-0.1, -0.05) is 41.8 Å². The Morgan fingerprint density at radius 3 is 2.64 bits per heavy atom. The van der Waals surface area contributed by atoms with Crippen LogP contribution in [-0.2, 0) is 11.8 Å². The summed E-state index contributed by atoms with van der Waals surface area (Å²) in [5.74, 6) is -1.34. The molecule has 0 fully saturated rings. The number of hydrogen-bond donors (Lipinski definition) is 2. The first-order valence-electron chi connectivity index (χ1n) is 13.7. The molecule has 228 valence electrons. The van der Waals surface area contributed by atoms with E-state index < -0.39 is 18.4 Å². The summed E-state index contributed by atoms with van der Waals surface area (Å²) in [6.45, 7) is -1.32. The molecule has 10 nitrogen and oxygen atoms in total. The highest BCUT2D eigenvalue weighted by Crippen LogP contribution is 2.33. The Morgan fingerprint density at radius 1 is 1.14 bits per heavy atom. The quantitative estimate of drug-likeness (QED) is 0.294. The Morgan fingerprint density at radius 2 is 1.93 bits per heavy atom. The Balaban J connectivity index is 1.64. The van der Waals surface area contributed by atoms with Crippen LogP contribution in [0.15, 0.2) is 76.7 Å². The third-order valence-corrected chi connectivity index (χ3v) is 7.89. The highest BCUT2D eigenvalue weighted by atomic mass is 35.5. The van der Waals surface area contributed by atoms with Crippen LogP contribution < -0.4 is 16.5 Å². The molecule has 0 radical (unpaired) electrons.